The van der Waals surface area contributed by atoms with Gasteiger partial charge in [0.05, 0.1) is 18.8 Å². The Kier molecular flexibility index (Phi) is 3.09. The van der Waals surface area contributed by atoms with Crippen LogP contribution in [0.15, 0.2) is 24.3 Å². The van der Waals surface area contributed by atoms with Gasteiger partial charge in [-0.1, -0.05) is 12.1 Å². The molecule has 1 heterocycles. The van der Waals surface area contributed by atoms with Crippen molar-refractivity contribution >= 4 is 22.6 Å². The molecule has 0 spiro atoms. The predicted octanol–water partition coefficient (Wildman–Crippen LogP) is 2.13. The summed E-state index contributed by atoms with van der Waals surface area (Å²) in [5.41, 5.74) is 1.29. The first kappa shape index (κ1) is 10.4. The van der Waals surface area contributed by atoms with Crippen molar-refractivity contribution in [2.24, 2.45) is 0 Å². The number of ether oxygens (including phenoxy) is 1. The lowest BCUT2D eigenvalue weighted by molar-refractivity contribution is 0.0339. The molecule has 0 saturated carbocycles. The topological polar surface area (TPSA) is 21.3 Å². The predicted molar refractivity (Wildman–Crippen MR) is 65.3 cm³/mol. The van der Waals surface area contributed by atoms with Gasteiger partial charge in [0.25, 0.3) is 0 Å². The van der Waals surface area contributed by atoms with Crippen molar-refractivity contribution in [1.82, 2.24) is 5.32 Å². The third-order valence-corrected chi connectivity index (χ3v) is 3.35. The van der Waals surface area contributed by atoms with E-state index in [2.05, 4.69) is 59.1 Å². The summed E-state index contributed by atoms with van der Waals surface area (Å²) in [4.78, 5) is 0. The largest absolute Gasteiger partial charge is 0.378 e. The Hall–Kier alpha value is -0.130. The Balaban J connectivity index is 2.23. The van der Waals surface area contributed by atoms with Gasteiger partial charge in [-0.15, -0.1) is 0 Å². The van der Waals surface area contributed by atoms with Gasteiger partial charge in [-0.05, 0) is 47.2 Å². The van der Waals surface area contributed by atoms with E-state index < -0.39 is 0 Å². The van der Waals surface area contributed by atoms with Crippen LogP contribution in [-0.4, -0.2) is 19.8 Å². The number of benzene rings is 1. The molecule has 1 saturated heterocycles. The molecule has 0 aromatic heterocycles. The van der Waals surface area contributed by atoms with Gasteiger partial charge in [-0.2, -0.15) is 0 Å². The second-order valence-electron chi connectivity index (χ2n) is 3.82. The summed E-state index contributed by atoms with van der Waals surface area (Å²) in [5, 5.41) is 3.50. The van der Waals surface area contributed by atoms with Gasteiger partial charge in [-0.25, -0.2) is 0 Å². The van der Waals surface area contributed by atoms with Crippen molar-refractivity contribution in [2.45, 2.75) is 12.5 Å². The minimum Gasteiger partial charge on any atom is -0.378 e. The molecule has 1 N–H and O–H groups in total. The molecule has 0 aliphatic carbocycles. The molecule has 0 amide bonds. The molecule has 0 bridgehead atoms. The molecule has 1 atom stereocenters. The molecular formula is C11H14INO. The Bertz CT molecular complexity index is 304. The van der Waals surface area contributed by atoms with Crippen molar-refractivity contribution in [3.8, 4) is 0 Å². The van der Waals surface area contributed by atoms with Crippen LogP contribution in [-0.2, 0) is 10.3 Å². The Labute approximate surface area is 98.2 Å². The minimum absolute atomic E-state index is 0.0113. The average Bonchev–Trinajstić information content (AvgIpc) is 2.19. The van der Waals surface area contributed by atoms with E-state index in [0.29, 0.717) is 0 Å². The van der Waals surface area contributed by atoms with E-state index in [1.807, 2.05) is 0 Å². The monoisotopic (exact) mass is 303 g/mol. The Morgan fingerprint density at radius 2 is 2.07 bits per heavy atom. The quantitative estimate of drug-likeness (QED) is 0.803. The molecule has 14 heavy (non-hydrogen) atoms. The van der Waals surface area contributed by atoms with Crippen molar-refractivity contribution in [1.29, 1.82) is 0 Å². The molecule has 1 unspecified atom stereocenters. The highest BCUT2D eigenvalue weighted by atomic mass is 127. The van der Waals surface area contributed by atoms with E-state index >= 15 is 0 Å². The molecule has 1 aliphatic heterocycles. The van der Waals surface area contributed by atoms with E-state index in [4.69, 9.17) is 4.74 Å². The first-order valence-electron chi connectivity index (χ1n) is 4.79. The lowest BCUT2D eigenvalue weighted by Gasteiger charge is -2.35. The van der Waals surface area contributed by atoms with E-state index in [1.165, 1.54) is 9.13 Å². The van der Waals surface area contributed by atoms with Gasteiger partial charge in [0.2, 0.25) is 0 Å². The third-order valence-electron chi connectivity index (χ3n) is 2.63. The summed E-state index contributed by atoms with van der Waals surface area (Å²) in [6.45, 7) is 4.70. The standard InChI is InChI=1S/C11H14INO/c1-11(8-14-7-6-13-11)9-2-4-10(12)5-3-9/h2-5,13H,6-8H2,1H3. The van der Waals surface area contributed by atoms with Crippen LogP contribution in [0.3, 0.4) is 0 Å². The van der Waals surface area contributed by atoms with Crippen molar-refractivity contribution in [3.05, 3.63) is 33.4 Å². The van der Waals surface area contributed by atoms with Crippen LogP contribution >= 0.6 is 22.6 Å². The summed E-state index contributed by atoms with van der Waals surface area (Å²) >= 11 is 2.32. The maximum atomic E-state index is 5.51. The normalized spacial score (nSPS) is 27.6. The van der Waals surface area contributed by atoms with Crippen LogP contribution in [0.25, 0.3) is 0 Å². The summed E-state index contributed by atoms with van der Waals surface area (Å²) < 4.78 is 6.78. The molecular weight excluding hydrogens is 289 g/mol. The van der Waals surface area contributed by atoms with Crippen molar-refractivity contribution < 1.29 is 4.74 Å². The van der Waals surface area contributed by atoms with Gasteiger partial charge in [-0.3, -0.25) is 0 Å². The molecule has 0 radical (unpaired) electrons. The Morgan fingerprint density at radius 3 is 2.64 bits per heavy atom. The fourth-order valence-electron chi connectivity index (χ4n) is 1.73. The van der Waals surface area contributed by atoms with Gasteiger partial charge >= 0.3 is 0 Å². The van der Waals surface area contributed by atoms with Crippen molar-refractivity contribution in [3.63, 3.8) is 0 Å². The zero-order chi connectivity index (χ0) is 10.0. The maximum Gasteiger partial charge on any atom is 0.0688 e. The summed E-state index contributed by atoms with van der Waals surface area (Å²) in [6, 6.07) is 8.61. The number of morpholine rings is 1. The first-order chi connectivity index (χ1) is 6.71. The fourth-order valence-corrected chi connectivity index (χ4v) is 2.09. The highest BCUT2D eigenvalue weighted by molar-refractivity contribution is 14.1. The second-order valence-corrected chi connectivity index (χ2v) is 5.06. The van der Waals surface area contributed by atoms with Crippen LogP contribution in [0.2, 0.25) is 0 Å². The van der Waals surface area contributed by atoms with E-state index in [1.54, 1.807) is 0 Å². The molecule has 1 aromatic rings. The van der Waals surface area contributed by atoms with Crippen LogP contribution < -0.4 is 5.32 Å². The molecule has 1 aliphatic rings. The van der Waals surface area contributed by atoms with Gasteiger partial charge in [0.15, 0.2) is 0 Å². The molecule has 2 nitrogen and oxygen atoms in total. The van der Waals surface area contributed by atoms with Crippen LogP contribution in [0.5, 0.6) is 0 Å². The first-order valence-corrected chi connectivity index (χ1v) is 5.87. The maximum absolute atomic E-state index is 5.51. The molecule has 1 fully saturated rings. The number of hydrogen-bond donors (Lipinski definition) is 1. The average molecular weight is 303 g/mol. The van der Waals surface area contributed by atoms with E-state index in [-0.39, 0.29) is 5.54 Å². The third kappa shape index (κ3) is 2.10. The second kappa shape index (κ2) is 4.16. The lowest BCUT2D eigenvalue weighted by Crippen LogP contribution is -2.49. The fraction of sp³-hybridized carbons (Fsp3) is 0.455. The lowest BCUT2D eigenvalue weighted by atomic mass is 9.92. The molecule has 2 rings (SSSR count). The summed E-state index contributed by atoms with van der Waals surface area (Å²) in [5.74, 6) is 0. The number of halogens is 1. The smallest absolute Gasteiger partial charge is 0.0688 e. The number of rotatable bonds is 1. The highest BCUT2D eigenvalue weighted by Gasteiger charge is 2.28. The summed E-state index contributed by atoms with van der Waals surface area (Å²) in [6.07, 6.45) is 0. The zero-order valence-corrected chi connectivity index (χ0v) is 10.4. The minimum atomic E-state index is -0.0113. The molecule has 76 valence electrons. The summed E-state index contributed by atoms with van der Waals surface area (Å²) in [7, 11) is 0. The molecule has 1 aromatic carbocycles. The zero-order valence-electron chi connectivity index (χ0n) is 8.22. The van der Waals surface area contributed by atoms with Crippen LogP contribution in [0.1, 0.15) is 12.5 Å². The molecule has 3 heteroatoms. The van der Waals surface area contributed by atoms with E-state index in [9.17, 15) is 0 Å². The number of nitrogens with one attached hydrogen (secondary N) is 1. The number of hydrogen-bond acceptors (Lipinski definition) is 2. The SMILES string of the molecule is CC1(c2ccc(I)cc2)COCCN1. The van der Waals surface area contributed by atoms with Gasteiger partial charge < -0.3 is 10.1 Å². The van der Waals surface area contributed by atoms with Crippen molar-refractivity contribution in [2.75, 3.05) is 19.8 Å². The van der Waals surface area contributed by atoms with Crippen LogP contribution in [0.4, 0.5) is 0 Å². The van der Waals surface area contributed by atoms with Gasteiger partial charge in [0, 0.05) is 10.1 Å². The van der Waals surface area contributed by atoms with Gasteiger partial charge in [0.1, 0.15) is 0 Å². The highest BCUT2D eigenvalue weighted by Crippen LogP contribution is 2.23. The Morgan fingerprint density at radius 1 is 1.36 bits per heavy atom. The van der Waals surface area contributed by atoms with Crippen LogP contribution in [0, 0.1) is 3.57 Å². The van der Waals surface area contributed by atoms with E-state index in [0.717, 1.165) is 19.8 Å².